The van der Waals surface area contributed by atoms with E-state index in [0.717, 1.165) is 5.56 Å². The van der Waals surface area contributed by atoms with Crippen LogP contribution in [0.25, 0.3) is 0 Å². The highest BCUT2D eigenvalue weighted by atomic mass is 16.5. The minimum absolute atomic E-state index is 0.0946. The third-order valence-corrected chi connectivity index (χ3v) is 3.26. The van der Waals surface area contributed by atoms with Crippen molar-refractivity contribution in [3.8, 4) is 5.88 Å². The molecule has 6 nitrogen and oxygen atoms in total. The minimum atomic E-state index is -0.441. The van der Waals surface area contributed by atoms with Crippen molar-refractivity contribution in [2.24, 2.45) is 0 Å². The molecule has 1 aliphatic rings. The molecule has 1 unspecified atom stereocenters. The maximum absolute atomic E-state index is 12.1. The van der Waals surface area contributed by atoms with Crippen LogP contribution in [-0.4, -0.2) is 40.9 Å². The minimum Gasteiger partial charge on any atom is -0.481 e. The summed E-state index contributed by atoms with van der Waals surface area (Å²) in [6, 6.07) is 3.11. The molecule has 1 fully saturated rings. The number of amides is 2. The lowest BCUT2D eigenvalue weighted by molar-refractivity contribution is -0.140. The monoisotopic (exact) mass is 277 g/mol. The summed E-state index contributed by atoms with van der Waals surface area (Å²) in [5.74, 6) is 0.266. The predicted molar refractivity (Wildman–Crippen MR) is 73.0 cm³/mol. The molecule has 0 saturated carbocycles. The molecule has 6 heteroatoms. The Labute approximate surface area is 118 Å². The number of methoxy groups -OCH3 is 1. The molecule has 2 rings (SSSR count). The summed E-state index contributed by atoms with van der Waals surface area (Å²) in [5, 5.41) is 3.12. The number of likely N-dealkylation sites (tertiary alicyclic amines) is 1. The molecule has 20 heavy (non-hydrogen) atoms. The van der Waals surface area contributed by atoms with E-state index in [1.165, 1.54) is 4.90 Å². The highest BCUT2D eigenvalue weighted by Crippen LogP contribution is 2.17. The Morgan fingerprint density at radius 3 is 2.85 bits per heavy atom. The smallest absolute Gasteiger partial charge is 0.247 e. The molecule has 1 N–H and O–H groups in total. The number of carbonyl (C=O) groups is 2. The van der Waals surface area contributed by atoms with Gasteiger partial charge in [-0.3, -0.25) is 14.5 Å². The summed E-state index contributed by atoms with van der Waals surface area (Å²) in [4.78, 5) is 29.2. The molecule has 2 amide bonds. The van der Waals surface area contributed by atoms with E-state index >= 15 is 0 Å². The van der Waals surface area contributed by atoms with Gasteiger partial charge in [0.2, 0.25) is 17.7 Å². The van der Waals surface area contributed by atoms with E-state index in [-0.39, 0.29) is 24.3 Å². The Morgan fingerprint density at radius 1 is 1.50 bits per heavy atom. The van der Waals surface area contributed by atoms with Gasteiger partial charge in [-0.1, -0.05) is 0 Å². The van der Waals surface area contributed by atoms with Crippen molar-refractivity contribution in [3.05, 3.63) is 23.9 Å². The van der Waals surface area contributed by atoms with Crippen molar-refractivity contribution in [3.63, 3.8) is 0 Å². The third-order valence-electron chi connectivity index (χ3n) is 3.26. The molecule has 108 valence electrons. The Hall–Kier alpha value is -1.95. The van der Waals surface area contributed by atoms with Gasteiger partial charge in [0, 0.05) is 24.8 Å². The van der Waals surface area contributed by atoms with Crippen LogP contribution in [0.15, 0.2) is 18.3 Å². The van der Waals surface area contributed by atoms with Gasteiger partial charge in [0.1, 0.15) is 0 Å². The van der Waals surface area contributed by atoms with Crippen LogP contribution >= 0.6 is 0 Å². The van der Waals surface area contributed by atoms with Crippen molar-refractivity contribution in [2.75, 3.05) is 7.11 Å². The van der Waals surface area contributed by atoms with Crippen molar-refractivity contribution < 1.29 is 14.3 Å². The molecule has 1 saturated heterocycles. The number of ether oxygens (including phenoxy) is 1. The van der Waals surface area contributed by atoms with Crippen LogP contribution in [0.1, 0.15) is 25.8 Å². The summed E-state index contributed by atoms with van der Waals surface area (Å²) in [6.45, 7) is 4.17. The number of rotatable bonds is 5. The van der Waals surface area contributed by atoms with Crippen molar-refractivity contribution >= 4 is 11.8 Å². The van der Waals surface area contributed by atoms with Crippen molar-refractivity contribution in [1.29, 1.82) is 0 Å². The van der Waals surface area contributed by atoms with Gasteiger partial charge in [-0.15, -0.1) is 0 Å². The molecule has 1 aromatic heterocycles. The molecule has 0 bridgehead atoms. The Bertz CT molecular complexity index is 516. The van der Waals surface area contributed by atoms with Crippen LogP contribution in [0.5, 0.6) is 5.88 Å². The molecule has 0 aromatic carbocycles. The lowest BCUT2D eigenvalue weighted by Crippen LogP contribution is -2.41. The van der Waals surface area contributed by atoms with Crippen molar-refractivity contribution in [1.82, 2.24) is 15.2 Å². The van der Waals surface area contributed by atoms with Gasteiger partial charge in [-0.2, -0.15) is 0 Å². The van der Waals surface area contributed by atoms with Gasteiger partial charge in [-0.05, 0) is 25.5 Å². The second-order valence-corrected chi connectivity index (χ2v) is 5.04. The van der Waals surface area contributed by atoms with Gasteiger partial charge < -0.3 is 10.1 Å². The third kappa shape index (κ3) is 2.96. The summed E-state index contributed by atoms with van der Waals surface area (Å²) in [7, 11) is 1.55. The average molecular weight is 277 g/mol. The molecule has 2 heterocycles. The first-order valence-corrected chi connectivity index (χ1v) is 6.61. The number of pyridine rings is 1. The number of hydrogen-bond donors (Lipinski definition) is 1. The number of imide groups is 1. The summed E-state index contributed by atoms with van der Waals surface area (Å²) in [6.07, 6.45) is 1.87. The lowest BCUT2D eigenvalue weighted by atomic mass is 10.2. The zero-order valence-electron chi connectivity index (χ0n) is 11.9. The fourth-order valence-corrected chi connectivity index (χ4v) is 2.27. The van der Waals surface area contributed by atoms with Crippen molar-refractivity contribution in [2.45, 2.75) is 38.9 Å². The highest BCUT2D eigenvalue weighted by Gasteiger charge is 2.39. The Kier molecular flexibility index (Phi) is 4.34. The molecule has 0 radical (unpaired) electrons. The summed E-state index contributed by atoms with van der Waals surface area (Å²) >= 11 is 0. The standard InChI is InChI=1S/C14H19N3O3/c1-9(2)17-13(18)7-11(14(17)19)16-8-10-4-5-15-12(6-10)20-3/h4-6,9,11,16H,7-8H2,1-3H3. The normalized spacial score (nSPS) is 19.0. The van der Waals surface area contributed by atoms with Gasteiger partial charge in [-0.25, -0.2) is 4.98 Å². The topological polar surface area (TPSA) is 71.5 Å². The van der Waals surface area contributed by atoms with E-state index < -0.39 is 6.04 Å². The van der Waals surface area contributed by atoms with Crippen LogP contribution in [0, 0.1) is 0 Å². The molecule has 0 aliphatic carbocycles. The first kappa shape index (κ1) is 14.5. The van der Waals surface area contributed by atoms with Crippen LogP contribution < -0.4 is 10.1 Å². The van der Waals surface area contributed by atoms with Crippen LogP contribution in [0.3, 0.4) is 0 Å². The van der Waals surface area contributed by atoms with E-state index in [0.29, 0.717) is 12.4 Å². The largest absolute Gasteiger partial charge is 0.481 e. The summed E-state index contributed by atoms with van der Waals surface area (Å²) in [5.41, 5.74) is 0.958. The molecule has 1 aromatic rings. The van der Waals surface area contributed by atoms with Gasteiger partial charge in [0.05, 0.1) is 19.6 Å². The van der Waals surface area contributed by atoms with Crippen LogP contribution in [0.4, 0.5) is 0 Å². The second kappa shape index (κ2) is 6.00. The molecule has 1 atom stereocenters. The van der Waals surface area contributed by atoms with E-state index in [9.17, 15) is 9.59 Å². The number of carbonyl (C=O) groups excluding carboxylic acids is 2. The predicted octanol–water partition coefficient (Wildman–Crippen LogP) is 0.716. The van der Waals surface area contributed by atoms with Gasteiger partial charge in [0.15, 0.2) is 0 Å². The SMILES string of the molecule is COc1cc(CNC2CC(=O)N(C(C)C)C2=O)ccn1. The zero-order valence-corrected chi connectivity index (χ0v) is 11.9. The van der Waals surface area contributed by atoms with E-state index in [1.54, 1.807) is 19.4 Å². The Balaban J connectivity index is 1.98. The fraction of sp³-hybridized carbons (Fsp3) is 0.500. The second-order valence-electron chi connectivity index (χ2n) is 5.04. The zero-order chi connectivity index (χ0) is 14.7. The maximum atomic E-state index is 12.1. The van der Waals surface area contributed by atoms with Gasteiger partial charge in [0.25, 0.3) is 0 Å². The van der Waals surface area contributed by atoms with Crippen LogP contribution in [0.2, 0.25) is 0 Å². The molecule has 0 spiro atoms. The first-order valence-electron chi connectivity index (χ1n) is 6.61. The first-order chi connectivity index (χ1) is 9.52. The molecular formula is C14H19N3O3. The maximum Gasteiger partial charge on any atom is 0.247 e. The van der Waals surface area contributed by atoms with Crippen LogP contribution in [-0.2, 0) is 16.1 Å². The lowest BCUT2D eigenvalue weighted by Gasteiger charge is -2.19. The number of nitrogens with one attached hydrogen (secondary N) is 1. The number of aromatic nitrogens is 1. The van der Waals surface area contributed by atoms with Gasteiger partial charge >= 0.3 is 0 Å². The molecular weight excluding hydrogens is 258 g/mol. The van der Waals surface area contributed by atoms with E-state index in [1.807, 2.05) is 19.9 Å². The molecule has 1 aliphatic heterocycles. The summed E-state index contributed by atoms with van der Waals surface area (Å²) < 4.78 is 5.05. The fourth-order valence-electron chi connectivity index (χ4n) is 2.27. The number of nitrogens with zero attached hydrogens (tertiary/aromatic N) is 2. The quantitative estimate of drug-likeness (QED) is 0.803. The highest BCUT2D eigenvalue weighted by molar-refractivity contribution is 6.05. The number of hydrogen-bond acceptors (Lipinski definition) is 5. The van der Waals surface area contributed by atoms with E-state index in [4.69, 9.17) is 4.74 Å². The average Bonchev–Trinajstić information content (AvgIpc) is 2.71. The van der Waals surface area contributed by atoms with E-state index in [2.05, 4.69) is 10.3 Å². The Morgan fingerprint density at radius 2 is 2.25 bits per heavy atom.